The zero-order chi connectivity index (χ0) is 15.5. The molecular formula is C17H18F2N2O. The fourth-order valence-corrected chi connectivity index (χ4v) is 2.66. The number of halogens is 2. The van der Waals surface area contributed by atoms with Gasteiger partial charge in [0.1, 0.15) is 0 Å². The van der Waals surface area contributed by atoms with Gasteiger partial charge in [0.15, 0.2) is 11.6 Å². The molecule has 1 aliphatic rings. The third-order valence-electron chi connectivity index (χ3n) is 3.88. The van der Waals surface area contributed by atoms with E-state index in [2.05, 4.69) is 10.3 Å². The van der Waals surface area contributed by atoms with Gasteiger partial charge in [0.2, 0.25) is 0 Å². The number of nitrogens with zero attached hydrogens (tertiary/aromatic N) is 1. The Morgan fingerprint density at radius 3 is 2.82 bits per heavy atom. The lowest BCUT2D eigenvalue weighted by Crippen LogP contribution is -2.31. The summed E-state index contributed by atoms with van der Waals surface area (Å²) in [4.78, 5) is 4.35. The van der Waals surface area contributed by atoms with Crippen LogP contribution in [0.1, 0.15) is 29.3 Å². The molecule has 1 aromatic heterocycles. The summed E-state index contributed by atoms with van der Waals surface area (Å²) in [5.41, 5.74) is 2.72. The number of hydrogen-bond acceptors (Lipinski definition) is 3. The average Bonchev–Trinajstić information content (AvgIpc) is 2.98. The van der Waals surface area contributed by atoms with Gasteiger partial charge in [0, 0.05) is 25.4 Å². The van der Waals surface area contributed by atoms with E-state index in [1.165, 1.54) is 6.07 Å². The van der Waals surface area contributed by atoms with E-state index in [0.29, 0.717) is 18.7 Å². The highest BCUT2D eigenvalue weighted by Gasteiger charge is 2.29. The van der Waals surface area contributed by atoms with Crippen molar-refractivity contribution >= 4 is 0 Å². The molecule has 0 amide bonds. The topological polar surface area (TPSA) is 34.1 Å². The minimum Gasteiger partial charge on any atom is -0.372 e. The highest BCUT2D eigenvalue weighted by atomic mass is 19.2. The van der Waals surface area contributed by atoms with Gasteiger partial charge in [0.25, 0.3) is 0 Å². The number of aryl methyl sites for hydroxylation is 1. The number of ether oxygens (including phenoxy) is 1. The van der Waals surface area contributed by atoms with E-state index < -0.39 is 11.6 Å². The number of rotatable bonds is 4. The van der Waals surface area contributed by atoms with Crippen LogP contribution in [0.25, 0.3) is 0 Å². The first-order valence-electron chi connectivity index (χ1n) is 7.35. The maximum absolute atomic E-state index is 13.4. The van der Waals surface area contributed by atoms with Gasteiger partial charge in [-0.3, -0.25) is 4.98 Å². The van der Waals surface area contributed by atoms with Crippen LogP contribution in [0.5, 0.6) is 0 Å². The van der Waals surface area contributed by atoms with Gasteiger partial charge in [-0.1, -0.05) is 12.1 Å². The highest BCUT2D eigenvalue weighted by molar-refractivity contribution is 5.22. The SMILES string of the molecule is Cc1ccc(CN[C@H]2CCO[C@@H]2c2ccc(F)c(F)c2)nc1. The summed E-state index contributed by atoms with van der Waals surface area (Å²) < 4.78 is 32.1. The van der Waals surface area contributed by atoms with Gasteiger partial charge in [-0.05, 0) is 42.7 Å². The summed E-state index contributed by atoms with van der Waals surface area (Å²) in [6, 6.07) is 7.99. The zero-order valence-corrected chi connectivity index (χ0v) is 12.4. The number of hydrogen-bond donors (Lipinski definition) is 1. The maximum Gasteiger partial charge on any atom is 0.159 e. The summed E-state index contributed by atoms with van der Waals surface area (Å²) >= 11 is 0. The van der Waals surface area contributed by atoms with Crippen LogP contribution in [-0.2, 0) is 11.3 Å². The maximum atomic E-state index is 13.4. The molecular weight excluding hydrogens is 286 g/mol. The number of aromatic nitrogens is 1. The smallest absolute Gasteiger partial charge is 0.159 e. The van der Waals surface area contributed by atoms with Crippen molar-refractivity contribution in [3.05, 3.63) is 65.0 Å². The molecule has 1 saturated heterocycles. The first-order valence-corrected chi connectivity index (χ1v) is 7.35. The van der Waals surface area contributed by atoms with Gasteiger partial charge in [0.05, 0.1) is 11.8 Å². The summed E-state index contributed by atoms with van der Waals surface area (Å²) in [5, 5.41) is 3.40. The molecule has 1 aliphatic heterocycles. The second-order valence-electron chi connectivity index (χ2n) is 5.57. The van der Waals surface area contributed by atoms with Crippen molar-refractivity contribution in [2.45, 2.75) is 32.0 Å². The van der Waals surface area contributed by atoms with Gasteiger partial charge in [-0.25, -0.2) is 8.78 Å². The standard InChI is InChI=1S/C17H18F2N2O/c1-11-2-4-13(20-9-11)10-21-16-6-7-22-17(16)12-3-5-14(18)15(19)8-12/h2-5,8-9,16-17,21H,6-7,10H2,1H3/t16-,17+/m0/s1. The van der Waals surface area contributed by atoms with Crippen molar-refractivity contribution in [3.63, 3.8) is 0 Å². The summed E-state index contributed by atoms with van der Waals surface area (Å²) in [5.74, 6) is -1.68. The third-order valence-corrected chi connectivity index (χ3v) is 3.88. The third kappa shape index (κ3) is 3.31. The largest absolute Gasteiger partial charge is 0.372 e. The van der Waals surface area contributed by atoms with Crippen LogP contribution < -0.4 is 5.32 Å². The van der Waals surface area contributed by atoms with E-state index in [0.717, 1.165) is 23.7 Å². The second-order valence-corrected chi connectivity index (χ2v) is 5.57. The van der Waals surface area contributed by atoms with E-state index in [4.69, 9.17) is 4.74 Å². The molecule has 3 nitrogen and oxygen atoms in total. The molecule has 0 radical (unpaired) electrons. The number of benzene rings is 1. The summed E-state index contributed by atoms with van der Waals surface area (Å²) in [6.45, 7) is 3.21. The van der Waals surface area contributed by atoms with Crippen LogP contribution in [-0.4, -0.2) is 17.6 Å². The molecule has 1 aromatic carbocycles. The highest BCUT2D eigenvalue weighted by Crippen LogP contribution is 2.30. The molecule has 0 saturated carbocycles. The van der Waals surface area contributed by atoms with E-state index in [1.807, 2.05) is 25.3 Å². The molecule has 22 heavy (non-hydrogen) atoms. The molecule has 2 atom stereocenters. The quantitative estimate of drug-likeness (QED) is 0.941. The van der Waals surface area contributed by atoms with Crippen LogP contribution in [0.2, 0.25) is 0 Å². The van der Waals surface area contributed by atoms with Crippen molar-refractivity contribution in [3.8, 4) is 0 Å². The molecule has 2 heterocycles. The molecule has 116 valence electrons. The van der Waals surface area contributed by atoms with Crippen molar-refractivity contribution in [2.75, 3.05) is 6.61 Å². The van der Waals surface area contributed by atoms with E-state index in [-0.39, 0.29) is 12.1 Å². The summed E-state index contributed by atoms with van der Waals surface area (Å²) in [6.07, 6.45) is 2.39. The van der Waals surface area contributed by atoms with E-state index in [9.17, 15) is 8.78 Å². The Morgan fingerprint density at radius 2 is 2.09 bits per heavy atom. The number of nitrogens with one attached hydrogen (secondary N) is 1. The normalized spacial score (nSPS) is 21.2. The van der Waals surface area contributed by atoms with Gasteiger partial charge < -0.3 is 10.1 Å². The minimum atomic E-state index is -0.841. The molecule has 2 aromatic rings. The minimum absolute atomic E-state index is 0.0629. The van der Waals surface area contributed by atoms with E-state index in [1.54, 1.807) is 6.07 Å². The lowest BCUT2D eigenvalue weighted by atomic mass is 10.0. The Hall–Kier alpha value is -1.85. The molecule has 5 heteroatoms. The molecule has 3 rings (SSSR count). The van der Waals surface area contributed by atoms with Gasteiger partial charge in [-0.2, -0.15) is 0 Å². The zero-order valence-electron chi connectivity index (χ0n) is 12.4. The molecule has 1 fully saturated rings. The Kier molecular flexibility index (Phi) is 4.45. The fourth-order valence-electron chi connectivity index (χ4n) is 2.66. The predicted molar refractivity (Wildman–Crippen MR) is 79.3 cm³/mol. The Balaban J connectivity index is 1.67. The lowest BCUT2D eigenvalue weighted by molar-refractivity contribution is 0.0980. The molecule has 0 unspecified atom stereocenters. The first kappa shape index (κ1) is 15.1. The number of pyridine rings is 1. The Bertz CT molecular complexity index is 646. The van der Waals surface area contributed by atoms with Crippen molar-refractivity contribution in [1.82, 2.24) is 10.3 Å². The van der Waals surface area contributed by atoms with Crippen LogP contribution >= 0.6 is 0 Å². The van der Waals surface area contributed by atoms with Crippen LogP contribution in [0.15, 0.2) is 36.5 Å². The molecule has 0 spiro atoms. The predicted octanol–water partition coefficient (Wildman–Crippen LogP) is 3.29. The van der Waals surface area contributed by atoms with Crippen LogP contribution in [0, 0.1) is 18.6 Å². The van der Waals surface area contributed by atoms with Gasteiger partial charge >= 0.3 is 0 Å². The second kappa shape index (κ2) is 6.50. The molecule has 1 N–H and O–H groups in total. The van der Waals surface area contributed by atoms with Crippen molar-refractivity contribution in [2.24, 2.45) is 0 Å². The van der Waals surface area contributed by atoms with Crippen molar-refractivity contribution < 1.29 is 13.5 Å². The first-order chi connectivity index (χ1) is 10.6. The molecule has 0 bridgehead atoms. The van der Waals surface area contributed by atoms with Crippen LogP contribution in [0.4, 0.5) is 8.78 Å². The van der Waals surface area contributed by atoms with E-state index >= 15 is 0 Å². The van der Waals surface area contributed by atoms with Crippen LogP contribution in [0.3, 0.4) is 0 Å². The monoisotopic (exact) mass is 304 g/mol. The fraction of sp³-hybridized carbons (Fsp3) is 0.353. The van der Waals surface area contributed by atoms with Crippen molar-refractivity contribution in [1.29, 1.82) is 0 Å². The Morgan fingerprint density at radius 1 is 1.23 bits per heavy atom. The average molecular weight is 304 g/mol. The summed E-state index contributed by atoms with van der Waals surface area (Å²) in [7, 11) is 0. The van der Waals surface area contributed by atoms with Gasteiger partial charge in [-0.15, -0.1) is 0 Å². The Labute approximate surface area is 128 Å². The molecule has 0 aliphatic carbocycles. The lowest BCUT2D eigenvalue weighted by Gasteiger charge is -2.20.